The highest BCUT2D eigenvalue weighted by molar-refractivity contribution is 5.75. The van der Waals surface area contributed by atoms with Gasteiger partial charge in [-0.2, -0.15) is 0 Å². The second-order valence-electron chi connectivity index (χ2n) is 7.75. The summed E-state index contributed by atoms with van der Waals surface area (Å²) in [6.45, 7) is 6.28. The number of hydrogen-bond donors (Lipinski definition) is 2. The number of nitrogens with zero attached hydrogens (tertiary/aromatic N) is 2. The number of likely N-dealkylation sites (tertiary alicyclic amines) is 1. The molecular formula is C20H31N3O2. The maximum absolute atomic E-state index is 12.7. The van der Waals surface area contributed by atoms with Crippen molar-refractivity contribution in [1.82, 2.24) is 15.1 Å². The molecule has 138 valence electrons. The lowest BCUT2D eigenvalue weighted by molar-refractivity contribution is 0.0870. The second kappa shape index (κ2) is 7.75. The summed E-state index contributed by atoms with van der Waals surface area (Å²) in [4.78, 5) is 16.8. The largest absolute Gasteiger partial charge is 0.392 e. The Morgan fingerprint density at radius 1 is 1.36 bits per heavy atom. The first-order valence-corrected chi connectivity index (χ1v) is 9.47. The summed E-state index contributed by atoms with van der Waals surface area (Å²) in [6.07, 6.45) is 2.56. The van der Waals surface area contributed by atoms with Gasteiger partial charge in [-0.3, -0.25) is 0 Å². The van der Waals surface area contributed by atoms with Crippen molar-refractivity contribution in [3.63, 3.8) is 0 Å². The summed E-state index contributed by atoms with van der Waals surface area (Å²) in [5, 5.41) is 12.8. The number of nitrogens with one attached hydrogen (secondary N) is 1. The van der Waals surface area contributed by atoms with E-state index in [0.29, 0.717) is 18.5 Å². The Labute approximate surface area is 151 Å². The van der Waals surface area contributed by atoms with Crippen molar-refractivity contribution in [2.45, 2.75) is 57.2 Å². The summed E-state index contributed by atoms with van der Waals surface area (Å²) >= 11 is 0. The molecule has 3 rings (SSSR count). The van der Waals surface area contributed by atoms with Crippen LogP contribution in [0.2, 0.25) is 0 Å². The number of amides is 2. The molecular weight excluding hydrogens is 314 g/mol. The molecule has 1 aliphatic carbocycles. The molecule has 1 saturated heterocycles. The Morgan fingerprint density at radius 3 is 2.68 bits per heavy atom. The van der Waals surface area contributed by atoms with Crippen molar-refractivity contribution in [2.75, 3.05) is 26.7 Å². The zero-order valence-corrected chi connectivity index (χ0v) is 15.6. The molecule has 5 nitrogen and oxygen atoms in total. The average Bonchev–Trinajstić information content (AvgIpc) is 2.90. The number of aliphatic hydroxyl groups is 1. The van der Waals surface area contributed by atoms with Gasteiger partial charge in [0.2, 0.25) is 0 Å². The number of hydrogen-bond acceptors (Lipinski definition) is 3. The van der Waals surface area contributed by atoms with Gasteiger partial charge in [0.25, 0.3) is 0 Å². The van der Waals surface area contributed by atoms with Crippen LogP contribution >= 0.6 is 0 Å². The van der Waals surface area contributed by atoms with Crippen LogP contribution in [0.3, 0.4) is 0 Å². The number of fused-ring (bicyclic) bond motifs is 1. The van der Waals surface area contributed by atoms with E-state index in [1.807, 2.05) is 11.8 Å². The molecule has 1 fully saturated rings. The molecule has 2 amide bonds. The highest BCUT2D eigenvalue weighted by atomic mass is 16.3. The minimum atomic E-state index is -0.309. The number of aliphatic hydroxyl groups excluding tert-OH is 1. The van der Waals surface area contributed by atoms with E-state index in [-0.39, 0.29) is 18.2 Å². The van der Waals surface area contributed by atoms with Crippen LogP contribution in [-0.2, 0) is 6.42 Å². The summed E-state index contributed by atoms with van der Waals surface area (Å²) in [5.41, 5.74) is 2.73. The highest BCUT2D eigenvalue weighted by Gasteiger charge is 2.32. The predicted octanol–water partition coefficient (Wildman–Crippen LogP) is 2.20. The highest BCUT2D eigenvalue weighted by Crippen LogP contribution is 2.32. The Bertz CT molecular complexity index is 596. The quantitative estimate of drug-likeness (QED) is 0.880. The molecule has 2 aliphatic rings. The first-order chi connectivity index (χ1) is 12.0. The number of benzene rings is 1. The van der Waals surface area contributed by atoms with Gasteiger partial charge in [0, 0.05) is 37.6 Å². The van der Waals surface area contributed by atoms with Crippen LogP contribution in [0.1, 0.15) is 43.7 Å². The Hall–Kier alpha value is -1.59. The van der Waals surface area contributed by atoms with E-state index in [2.05, 4.69) is 48.5 Å². The number of urea groups is 1. The lowest BCUT2D eigenvalue weighted by atomic mass is 10.0. The van der Waals surface area contributed by atoms with E-state index in [9.17, 15) is 9.90 Å². The van der Waals surface area contributed by atoms with Crippen molar-refractivity contribution in [2.24, 2.45) is 0 Å². The van der Waals surface area contributed by atoms with Crippen LogP contribution < -0.4 is 5.32 Å². The first-order valence-electron chi connectivity index (χ1n) is 9.47. The average molecular weight is 345 g/mol. The Kier molecular flexibility index (Phi) is 5.64. The van der Waals surface area contributed by atoms with Crippen molar-refractivity contribution >= 4 is 6.03 Å². The zero-order chi connectivity index (χ0) is 18.0. The Balaban J connectivity index is 1.49. The van der Waals surface area contributed by atoms with E-state index < -0.39 is 0 Å². The van der Waals surface area contributed by atoms with Crippen LogP contribution in [0, 0.1) is 0 Å². The van der Waals surface area contributed by atoms with E-state index >= 15 is 0 Å². The SMILES string of the molecule is CC(O)CN(C)C1CCN(C(=O)N[C@@H]2Cc3ccccc3[C@@H]2C)CC1. The van der Waals surface area contributed by atoms with Gasteiger partial charge in [-0.25, -0.2) is 4.79 Å². The minimum Gasteiger partial charge on any atom is -0.392 e. The molecule has 1 aromatic carbocycles. The number of rotatable bonds is 4. The standard InChI is InChI=1S/C20H31N3O2/c1-14(24)13-22(3)17-8-10-23(11-9-17)20(25)21-19-12-16-6-4-5-7-18(16)15(19)2/h4-7,14-15,17,19,24H,8-13H2,1-3H3,(H,21,25)/t14?,15-,19+/m0/s1. The van der Waals surface area contributed by atoms with Gasteiger partial charge in [-0.15, -0.1) is 0 Å². The smallest absolute Gasteiger partial charge is 0.317 e. The molecule has 1 heterocycles. The lowest BCUT2D eigenvalue weighted by Crippen LogP contribution is -2.51. The molecule has 25 heavy (non-hydrogen) atoms. The van der Waals surface area contributed by atoms with Crippen LogP contribution in [-0.4, -0.2) is 65.8 Å². The van der Waals surface area contributed by atoms with Gasteiger partial charge >= 0.3 is 6.03 Å². The molecule has 0 bridgehead atoms. The zero-order valence-electron chi connectivity index (χ0n) is 15.6. The van der Waals surface area contributed by atoms with Crippen LogP contribution in [0.25, 0.3) is 0 Å². The van der Waals surface area contributed by atoms with Crippen molar-refractivity contribution in [3.05, 3.63) is 35.4 Å². The van der Waals surface area contributed by atoms with Crippen LogP contribution in [0.15, 0.2) is 24.3 Å². The van der Waals surface area contributed by atoms with Gasteiger partial charge in [-0.1, -0.05) is 31.2 Å². The third-order valence-corrected chi connectivity index (χ3v) is 5.83. The number of likely N-dealkylation sites (N-methyl/N-ethyl adjacent to an activating group) is 1. The van der Waals surface area contributed by atoms with E-state index in [4.69, 9.17) is 0 Å². The molecule has 1 unspecified atom stereocenters. The van der Waals surface area contributed by atoms with E-state index in [1.165, 1.54) is 11.1 Å². The van der Waals surface area contributed by atoms with Gasteiger partial charge in [0.05, 0.1) is 6.10 Å². The molecule has 5 heteroatoms. The topological polar surface area (TPSA) is 55.8 Å². The molecule has 0 saturated carbocycles. The molecule has 0 radical (unpaired) electrons. The maximum Gasteiger partial charge on any atom is 0.317 e. The molecule has 2 N–H and O–H groups in total. The third-order valence-electron chi connectivity index (χ3n) is 5.83. The number of carbonyl (C=O) groups is 1. The monoisotopic (exact) mass is 345 g/mol. The van der Waals surface area contributed by atoms with Crippen LogP contribution in [0.5, 0.6) is 0 Å². The fraction of sp³-hybridized carbons (Fsp3) is 0.650. The summed E-state index contributed by atoms with van der Waals surface area (Å²) in [5.74, 6) is 0.370. The minimum absolute atomic E-state index is 0.0706. The van der Waals surface area contributed by atoms with Gasteiger partial charge in [0.1, 0.15) is 0 Å². The van der Waals surface area contributed by atoms with Crippen molar-refractivity contribution in [3.8, 4) is 0 Å². The molecule has 0 spiro atoms. The first kappa shape index (κ1) is 18.2. The number of piperidine rings is 1. The fourth-order valence-electron chi connectivity index (χ4n) is 4.30. The summed E-state index contributed by atoms with van der Waals surface area (Å²) in [6, 6.07) is 9.21. The maximum atomic E-state index is 12.7. The molecule has 1 aromatic rings. The molecule has 3 atom stereocenters. The third kappa shape index (κ3) is 4.15. The molecule has 0 aromatic heterocycles. The summed E-state index contributed by atoms with van der Waals surface area (Å²) in [7, 11) is 2.06. The van der Waals surface area contributed by atoms with Crippen molar-refractivity contribution in [1.29, 1.82) is 0 Å². The molecule has 1 aliphatic heterocycles. The van der Waals surface area contributed by atoms with Gasteiger partial charge in [-0.05, 0) is 44.4 Å². The number of carbonyl (C=O) groups excluding carboxylic acids is 1. The van der Waals surface area contributed by atoms with Gasteiger partial charge < -0.3 is 20.2 Å². The van der Waals surface area contributed by atoms with E-state index in [0.717, 1.165) is 32.4 Å². The fourth-order valence-corrected chi connectivity index (χ4v) is 4.30. The second-order valence-corrected chi connectivity index (χ2v) is 7.75. The van der Waals surface area contributed by atoms with Crippen LogP contribution in [0.4, 0.5) is 4.79 Å². The summed E-state index contributed by atoms with van der Waals surface area (Å²) < 4.78 is 0. The lowest BCUT2D eigenvalue weighted by Gasteiger charge is -2.37. The predicted molar refractivity (Wildman–Crippen MR) is 99.8 cm³/mol. The van der Waals surface area contributed by atoms with E-state index in [1.54, 1.807) is 0 Å². The van der Waals surface area contributed by atoms with Crippen molar-refractivity contribution < 1.29 is 9.90 Å². The normalized spacial score (nSPS) is 25.1. The van der Waals surface area contributed by atoms with Gasteiger partial charge in [0.15, 0.2) is 0 Å². The Morgan fingerprint density at radius 2 is 2.04 bits per heavy atom.